The minimum Gasteiger partial charge on any atom is -0.487 e. The number of pyridine rings is 1. The van der Waals surface area contributed by atoms with Gasteiger partial charge in [-0.05, 0) is 48.0 Å². The lowest BCUT2D eigenvalue weighted by Crippen LogP contribution is -1.97. The first-order chi connectivity index (χ1) is 13.8. The van der Waals surface area contributed by atoms with Crippen LogP contribution in [0.2, 0.25) is 5.02 Å². The standard InChI is InChI=1S/C21H16ClN3O2S/c22-17-5-3-4-16(12-17)20-24-25-21(27-20)28-14-15-7-9-19(10-8-15)26-13-18-6-1-2-11-23-18/h1-12H,13-14H2. The molecule has 28 heavy (non-hydrogen) atoms. The summed E-state index contributed by atoms with van der Waals surface area (Å²) < 4.78 is 11.5. The molecule has 0 N–H and O–H groups in total. The first-order valence-electron chi connectivity index (χ1n) is 8.60. The third kappa shape index (κ3) is 4.91. The average Bonchev–Trinajstić information content (AvgIpc) is 3.21. The van der Waals surface area contributed by atoms with Gasteiger partial charge in [0, 0.05) is 22.5 Å². The molecule has 0 saturated carbocycles. The van der Waals surface area contributed by atoms with Crippen molar-refractivity contribution in [2.45, 2.75) is 17.6 Å². The second-order valence-electron chi connectivity index (χ2n) is 5.93. The SMILES string of the molecule is Clc1cccc(-c2nnc(SCc3ccc(OCc4ccccn4)cc3)o2)c1. The van der Waals surface area contributed by atoms with E-state index in [1.54, 1.807) is 18.3 Å². The fourth-order valence-electron chi connectivity index (χ4n) is 2.47. The van der Waals surface area contributed by atoms with E-state index in [0.29, 0.717) is 22.7 Å². The number of rotatable bonds is 7. The second kappa shape index (κ2) is 8.91. The molecule has 0 saturated heterocycles. The molecule has 2 aromatic heterocycles. The molecule has 0 aliphatic carbocycles. The molecule has 2 aromatic carbocycles. The van der Waals surface area contributed by atoms with Crippen LogP contribution in [0.5, 0.6) is 5.75 Å². The molecule has 4 aromatic rings. The zero-order chi connectivity index (χ0) is 19.2. The monoisotopic (exact) mass is 409 g/mol. The number of aromatic nitrogens is 3. The van der Waals surface area contributed by atoms with Crippen molar-refractivity contribution >= 4 is 23.4 Å². The molecule has 7 heteroatoms. The predicted molar refractivity (Wildman–Crippen MR) is 109 cm³/mol. The van der Waals surface area contributed by atoms with Crippen LogP contribution >= 0.6 is 23.4 Å². The van der Waals surface area contributed by atoms with Crippen molar-refractivity contribution in [2.24, 2.45) is 0 Å². The highest BCUT2D eigenvalue weighted by atomic mass is 35.5. The lowest BCUT2D eigenvalue weighted by molar-refractivity contribution is 0.301. The van der Waals surface area contributed by atoms with Gasteiger partial charge < -0.3 is 9.15 Å². The summed E-state index contributed by atoms with van der Waals surface area (Å²) in [6, 6.07) is 21.1. The molecular weight excluding hydrogens is 394 g/mol. The van der Waals surface area contributed by atoms with Crippen LogP contribution < -0.4 is 4.74 Å². The van der Waals surface area contributed by atoms with Crippen LogP contribution in [-0.2, 0) is 12.4 Å². The number of hydrogen-bond acceptors (Lipinski definition) is 6. The van der Waals surface area contributed by atoms with Crippen LogP contribution in [0.25, 0.3) is 11.5 Å². The van der Waals surface area contributed by atoms with Gasteiger partial charge in [-0.1, -0.05) is 47.6 Å². The normalized spacial score (nSPS) is 10.8. The van der Waals surface area contributed by atoms with E-state index in [1.807, 2.05) is 54.6 Å². The van der Waals surface area contributed by atoms with Crippen molar-refractivity contribution in [3.63, 3.8) is 0 Å². The number of halogens is 1. The molecule has 0 amide bonds. The molecule has 4 rings (SSSR count). The van der Waals surface area contributed by atoms with Crippen molar-refractivity contribution in [3.8, 4) is 17.2 Å². The summed E-state index contributed by atoms with van der Waals surface area (Å²) >= 11 is 7.49. The third-order valence-corrected chi connectivity index (χ3v) is 5.00. The molecule has 0 unspecified atom stereocenters. The Bertz CT molecular complexity index is 1040. The molecule has 0 spiro atoms. The summed E-state index contributed by atoms with van der Waals surface area (Å²) in [7, 11) is 0. The lowest BCUT2D eigenvalue weighted by atomic mass is 10.2. The summed E-state index contributed by atoms with van der Waals surface area (Å²) in [5.74, 6) is 1.99. The molecule has 5 nitrogen and oxygen atoms in total. The number of thioether (sulfide) groups is 1. The summed E-state index contributed by atoms with van der Waals surface area (Å²) in [4.78, 5) is 4.24. The first kappa shape index (κ1) is 18.5. The van der Waals surface area contributed by atoms with Gasteiger partial charge in [0.05, 0.1) is 5.69 Å². The Morgan fingerprint density at radius 1 is 0.964 bits per heavy atom. The van der Waals surface area contributed by atoms with E-state index in [9.17, 15) is 0 Å². The molecule has 0 radical (unpaired) electrons. The fraction of sp³-hybridized carbons (Fsp3) is 0.0952. The number of nitrogens with zero attached hydrogens (tertiary/aromatic N) is 3. The van der Waals surface area contributed by atoms with Crippen LogP contribution in [-0.4, -0.2) is 15.2 Å². The Balaban J connectivity index is 1.31. The van der Waals surface area contributed by atoms with Crippen molar-refractivity contribution in [2.75, 3.05) is 0 Å². The van der Waals surface area contributed by atoms with Gasteiger partial charge in [0.1, 0.15) is 12.4 Å². The Hall–Kier alpha value is -2.83. The zero-order valence-electron chi connectivity index (χ0n) is 14.8. The van der Waals surface area contributed by atoms with Crippen LogP contribution in [0, 0.1) is 0 Å². The quantitative estimate of drug-likeness (QED) is 0.367. The van der Waals surface area contributed by atoms with Gasteiger partial charge in [-0.25, -0.2) is 0 Å². The minimum absolute atomic E-state index is 0.448. The first-order valence-corrected chi connectivity index (χ1v) is 9.96. The summed E-state index contributed by atoms with van der Waals surface area (Å²) in [5.41, 5.74) is 2.84. The smallest absolute Gasteiger partial charge is 0.277 e. The lowest BCUT2D eigenvalue weighted by Gasteiger charge is -2.06. The van der Waals surface area contributed by atoms with Gasteiger partial charge >= 0.3 is 0 Å². The average molecular weight is 410 g/mol. The zero-order valence-corrected chi connectivity index (χ0v) is 16.4. The van der Waals surface area contributed by atoms with Gasteiger partial charge in [-0.3, -0.25) is 4.98 Å². The van der Waals surface area contributed by atoms with Crippen molar-refractivity contribution < 1.29 is 9.15 Å². The number of ether oxygens (including phenoxy) is 1. The highest BCUT2D eigenvalue weighted by Gasteiger charge is 2.09. The van der Waals surface area contributed by atoms with E-state index in [1.165, 1.54) is 11.8 Å². The summed E-state index contributed by atoms with van der Waals surface area (Å²) in [6.07, 6.45) is 1.76. The molecule has 0 atom stereocenters. The van der Waals surface area contributed by atoms with Crippen molar-refractivity contribution in [1.29, 1.82) is 0 Å². The molecule has 0 bridgehead atoms. The van der Waals surface area contributed by atoms with Gasteiger partial charge in [0.25, 0.3) is 5.22 Å². The Morgan fingerprint density at radius 2 is 1.86 bits per heavy atom. The van der Waals surface area contributed by atoms with E-state index in [2.05, 4.69) is 15.2 Å². The Labute approximate surface area is 171 Å². The molecule has 140 valence electrons. The fourth-order valence-corrected chi connectivity index (χ4v) is 3.38. The molecule has 0 fully saturated rings. The number of hydrogen-bond donors (Lipinski definition) is 0. The maximum atomic E-state index is 6.00. The van der Waals surface area contributed by atoms with E-state index in [0.717, 1.165) is 28.3 Å². The largest absolute Gasteiger partial charge is 0.487 e. The molecule has 0 aliphatic heterocycles. The Morgan fingerprint density at radius 3 is 2.64 bits per heavy atom. The third-order valence-electron chi connectivity index (χ3n) is 3.88. The van der Waals surface area contributed by atoms with Gasteiger partial charge in [0.15, 0.2) is 0 Å². The number of benzene rings is 2. The van der Waals surface area contributed by atoms with E-state index >= 15 is 0 Å². The topological polar surface area (TPSA) is 61.0 Å². The van der Waals surface area contributed by atoms with Crippen LogP contribution in [0.4, 0.5) is 0 Å². The maximum Gasteiger partial charge on any atom is 0.277 e. The minimum atomic E-state index is 0.448. The highest BCUT2D eigenvalue weighted by molar-refractivity contribution is 7.98. The van der Waals surface area contributed by atoms with Crippen molar-refractivity contribution in [1.82, 2.24) is 15.2 Å². The summed E-state index contributed by atoms with van der Waals surface area (Å²) in [5, 5.41) is 9.33. The van der Waals surface area contributed by atoms with Crippen LogP contribution in [0.15, 0.2) is 82.6 Å². The maximum absolute atomic E-state index is 6.00. The Kier molecular flexibility index (Phi) is 5.89. The van der Waals surface area contributed by atoms with Gasteiger partial charge in [-0.2, -0.15) is 0 Å². The predicted octanol–water partition coefficient (Wildman–Crippen LogP) is 5.66. The van der Waals surface area contributed by atoms with E-state index < -0.39 is 0 Å². The van der Waals surface area contributed by atoms with E-state index in [4.69, 9.17) is 20.8 Å². The highest BCUT2D eigenvalue weighted by Crippen LogP contribution is 2.27. The summed E-state index contributed by atoms with van der Waals surface area (Å²) in [6.45, 7) is 0.448. The van der Waals surface area contributed by atoms with Crippen LogP contribution in [0.3, 0.4) is 0 Å². The van der Waals surface area contributed by atoms with Gasteiger partial charge in [0.2, 0.25) is 5.89 Å². The second-order valence-corrected chi connectivity index (χ2v) is 7.29. The van der Waals surface area contributed by atoms with Crippen LogP contribution in [0.1, 0.15) is 11.3 Å². The van der Waals surface area contributed by atoms with Gasteiger partial charge in [-0.15, -0.1) is 10.2 Å². The molecule has 2 heterocycles. The molecular formula is C21H16ClN3O2S. The van der Waals surface area contributed by atoms with Crippen molar-refractivity contribution in [3.05, 3.63) is 89.2 Å². The molecule has 0 aliphatic rings. The van der Waals surface area contributed by atoms with E-state index in [-0.39, 0.29) is 0 Å².